The van der Waals surface area contributed by atoms with Crippen molar-refractivity contribution in [3.05, 3.63) is 30.3 Å². The Hall–Kier alpha value is 0.910. The van der Waals surface area contributed by atoms with Crippen molar-refractivity contribution in [1.82, 2.24) is 0 Å². The van der Waals surface area contributed by atoms with Gasteiger partial charge < -0.3 is 0 Å². The molecule has 0 aliphatic carbocycles. The molecule has 21 heavy (non-hydrogen) atoms. The Morgan fingerprint density at radius 2 is 1.33 bits per heavy atom. The lowest BCUT2D eigenvalue weighted by Gasteiger charge is -2.23. The van der Waals surface area contributed by atoms with Gasteiger partial charge in [-0.2, -0.15) is 0 Å². The molecule has 0 amide bonds. The first-order chi connectivity index (χ1) is 9.49. The molecule has 0 spiro atoms. The highest BCUT2D eigenvalue weighted by atomic mass is 35.6. The van der Waals surface area contributed by atoms with Crippen molar-refractivity contribution in [1.29, 1.82) is 0 Å². The van der Waals surface area contributed by atoms with Crippen LogP contribution in [0.5, 0.6) is 0 Å². The summed E-state index contributed by atoms with van der Waals surface area (Å²) in [6, 6.07) is 8.50. The topological polar surface area (TPSA) is 47.6 Å². The molecule has 1 aromatic rings. The lowest BCUT2D eigenvalue weighted by Crippen LogP contribution is -2.19. The van der Waals surface area contributed by atoms with Crippen LogP contribution in [-0.4, -0.2) is 20.8 Å². The number of anilines is 1. The van der Waals surface area contributed by atoms with Crippen LogP contribution in [0.1, 0.15) is 0 Å². The van der Waals surface area contributed by atoms with Crippen LogP contribution in [0.3, 0.4) is 0 Å². The standard InChI is InChI=1S/C10H10Cl6NO3P/c11-9(12,13)6-19-21(18,20-7-10(14,15)16)17-8-4-2-1-3-5-8/h1-5H,6-7H2,(H,17,18). The van der Waals surface area contributed by atoms with E-state index in [1.807, 2.05) is 0 Å². The van der Waals surface area contributed by atoms with Gasteiger partial charge in [-0.15, -0.1) is 0 Å². The second-order valence-electron chi connectivity index (χ2n) is 3.75. The highest BCUT2D eigenvalue weighted by Gasteiger charge is 2.34. The van der Waals surface area contributed by atoms with Gasteiger partial charge in [0.05, 0.1) is 0 Å². The monoisotopic (exact) mass is 433 g/mol. The van der Waals surface area contributed by atoms with Gasteiger partial charge in [0.25, 0.3) is 0 Å². The van der Waals surface area contributed by atoms with Crippen LogP contribution in [0.25, 0.3) is 0 Å². The van der Waals surface area contributed by atoms with E-state index < -0.39 is 28.5 Å². The highest BCUT2D eigenvalue weighted by Crippen LogP contribution is 2.51. The van der Waals surface area contributed by atoms with Crippen LogP contribution >= 0.6 is 77.4 Å². The SMILES string of the molecule is O=P(Nc1ccccc1)(OCC(Cl)(Cl)Cl)OCC(Cl)(Cl)Cl. The van der Waals surface area contributed by atoms with Gasteiger partial charge in [-0.05, 0) is 12.1 Å². The van der Waals surface area contributed by atoms with Crippen molar-refractivity contribution in [2.24, 2.45) is 0 Å². The number of halogens is 6. The number of para-hydroxylation sites is 1. The van der Waals surface area contributed by atoms with E-state index in [1.54, 1.807) is 30.3 Å². The van der Waals surface area contributed by atoms with Gasteiger partial charge in [-0.1, -0.05) is 87.8 Å². The number of hydrogen-bond donors (Lipinski definition) is 1. The van der Waals surface area contributed by atoms with Crippen molar-refractivity contribution < 1.29 is 13.6 Å². The van der Waals surface area contributed by atoms with Gasteiger partial charge >= 0.3 is 7.75 Å². The van der Waals surface area contributed by atoms with Crippen LogP contribution in [0.4, 0.5) is 5.69 Å². The van der Waals surface area contributed by atoms with E-state index in [9.17, 15) is 4.57 Å². The minimum absolute atomic E-state index is 0.467. The molecule has 0 saturated carbocycles. The lowest BCUT2D eigenvalue weighted by atomic mass is 10.3. The van der Waals surface area contributed by atoms with Gasteiger partial charge in [-0.25, -0.2) is 4.57 Å². The molecule has 0 aliphatic heterocycles. The Kier molecular flexibility index (Phi) is 7.74. The molecule has 4 nitrogen and oxygen atoms in total. The molecule has 0 bridgehead atoms. The Morgan fingerprint density at radius 1 is 0.905 bits per heavy atom. The summed E-state index contributed by atoms with van der Waals surface area (Å²) in [5, 5.41) is 2.56. The average molecular weight is 436 g/mol. The maximum Gasteiger partial charge on any atom is 0.433 e. The molecule has 0 radical (unpaired) electrons. The normalized spacial score (nSPS) is 13.2. The zero-order valence-corrected chi connectivity index (χ0v) is 15.7. The molecule has 1 N–H and O–H groups in total. The van der Waals surface area contributed by atoms with Crippen molar-refractivity contribution >= 4 is 83.0 Å². The molecule has 1 aromatic carbocycles. The quantitative estimate of drug-likeness (QED) is 0.441. The molecule has 0 atom stereocenters. The Labute approximate surface area is 152 Å². The molecular weight excluding hydrogens is 426 g/mol. The summed E-state index contributed by atoms with van der Waals surface area (Å²) in [6.07, 6.45) is 0. The summed E-state index contributed by atoms with van der Waals surface area (Å²) in [7, 11) is -3.89. The molecule has 1 rings (SSSR count). The molecule has 120 valence electrons. The average Bonchev–Trinajstić information content (AvgIpc) is 2.34. The van der Waals surface area contributed by atoms with Crippen molar-refractivity contribution in [3.63, 3.8) is 0 Å². The van der Waals surface area contributed by atoms with Crippen LogP contribution in [-0.2, 0) is 13.6 Å². The maximum atomic E-state index is 12.6. The minimum atomic E-state index is -3.89. The van der Waals surface area contributed by atoms with E-state index in [2.05, 4.69) is 5.09 Å². The number of rotatable bonds is 6. The second-order valence-corrected chi connectivity index (χ2v) is 10.5. The number of nitrogens with one attached hydrogen (secondary N) is 1. The predicted molar refractivity (Wildman–Crippen MR) is 90.2 cm³/mol. The largest absolute Gasteiger partial charge is 0.433 e. The zero-order chi connectivity index (χ0) is 16.1. The zero-order valence-electron chi connectivity index (χ0n) is 10.2. The number of hydrogen-bond acceptors (Lipinski definition) is 3. The first-order valence-corrected chi connectivity index (χ1v) is 9.16. The van der Waals surface area contributed by atoms with E-state index in [-0.39, 0.29) is 0 Å². The first-order valence-electron chi connectivity index (χ1n) is 5.35. The number of alkyl halides is 6. The van der Waals surface area contributed by atoms with Crippen molar-refractivity contribution in [3.8, 4) is 0 Å². The van der Waals surface area contributed by atoms with E-state index in [0.717, 1.165) is 0 Å². The van der Waals surface area contributed by atoms with Gasteiger partial charge in [0.1, 0.15) is 13.2 Å². The number of benzene rings is 1. The van der Waals surface area contributed by atoms with Crippen LogP contribution in [0.15, 0.2) is 30.3 Å². The smallest absolute Gasteiger partial charge is 0.293 e. The molecule has 0 saturated heterocycles. The Morgan fingerprint density at radius 3 is 1.71 bits per heavy atom. The van der Waals surface area contributed by atoms with Gasteiger partial charge in [0.15, 0.2) is 0 Å². The third kappa shape index (κ3) is 9.60. The molecule has 11 heteroatoms. The fourth-order valence-corrected chi connectivity index (χ4v) is 3.27. The molecule has 0 aromatic heterocycles. The van der Waals surface area contributed by atoms with Gasteiger partial charge in [-0.3, -0.25) is 14.1 Å². The fourth-order valence-electron chi connectivity index (χ4n) is 1.09. The van der Waals surface area contributed by atoms with E-state index in [4.69, 9.17) is 78.7 Å². The van der Waals surface area contributed by atoms with Crippen molar-refractivity contribution in [2.45, 2.75) is 7.59 Å². The molecule has 0 aliphatic rings. The van der Waals surface area contributed by atoms with Crippen LogP contribution in [0.2, 0.25) is 0 Å². The van der Waals surface area contributed by atoms with Crippen LogP contribution < -0.4 is 5.09 Å². The van der Waals surface area contributed by atoms with Crippen LogP contribution in [0, 0.1) is 0 Å². The van der Waals surface area contributed by atoms with E-state index in [0.29, 0.717) is 5.69 Å². The third-order valence-corrected chi connectivity index (χ3v) is 3.96. The summed E-state index contributed by atoms with van der Waals surface area (Å²) in [5.41, 5.74) is 0.467. The molecular formula is C10H10Cl6NO3P. The molecule has 0 fully saturated rings. The lowest BCUT2D eigenvalue weighted by molar-refractivity contribution is 0.214. The van der Waals surface area contributed by atoms with Gasteiger partial charge in [0, 0.05) is 5.69 Å². The van der Waals surface area contributed by atoms with E-state index >= 15 is 0 Å². The summed E-state index contributed by atoms with van der Waals surface area (Å²) in [5.74, 6) is 0. The maximum absolute atomic E-state index is 12.6. The minimum Gasteiger partial charge on any atom is -0.293 e. The summed E-state index contributed by atoms with van der Waals surface area (Å²) in [6.45, 7) is -0.955. The summed E-state index contributed by atoms with van der Waals surface area (Å²) < 4.78 is 19.1. The van der Waals surface area contributed by atoms with Gasteiger partial charge in [0.2, 0.25) is 7.59 Å². The molecule has 0 unspecified atom stereocenters. The summed E-state index contributed by atoms with van der Waals surface area (Å²) in [4.78, 5) is 0. The Bertz CT molecular complexity index is 468. The predicted octanol–water partition coefficient (Wildman–Crippen LogP) is 5.98. The second kappa shape index (κ2) is 8.14. The highest BCUT2D eigenvalue weighted by molar-refractivity contribution is 7.55. The summed E-state index contributed by atoms with van der Waals surface area (Å²) >= 11 is 33.3. The Balaban J connectivity index is 2.80. The molecule has 0 heterocycles. The third-order valence-electron chi connectivity index (χ3n) is 1.84. The van der Waals surface area contributed by atoms with E-state index in [1.165, 1.54) is 0 Å². The first kappa shape index (κ1) is 20.0. The van der Waals surface area contributed by atoms with Crippen molar-refractivity contribution in [2.75, 3.05) is 18.3 Å². The fraction of sp³-hybridized carbons (Fsp3) is 0.400.